The molecule has 1 heterocycles. The van der Waals surface area contributed by atoms with E-state index in [9.17, 15) is 9.59 Å². The maximum absolute atomic E-state index is 12.9. The van der Waals surface area contributed by atoms with Gasteiger partial charge in [-0.15, -0.1) is 0 Å². The summed E-state index contributed by atoms with van der Waals surface area (Å²) in [6, 6.07) is 15.7. The van der Waals surface area contributed by atoms with Crippen molar-refractivity contribution in [2.24, 2.45) is 7.05 Å². The molecule has 0 radical (unpaired) electrons. The molecule has 6 nitrogen and oxygen atoms in total. The maximum atomic E-state index is 12.9. The average Bonchev–Trinajstić information content (AvgIpc) is 2.71. The maximum Gasteiger partial charge on any atom is 0.274 e. The molecule has 0 saturated heterocycles. The van der Waals surface area contributed by atoms with Gasteiger partial charge in [0.05, 0.1) is 26.0 Å². The molecule has 28 heavy (non-hydrogen) atoms. The fourth-order valence-corrected chi connectivity index (χ4v) is 3.39. The van der Waals surface area contributed by atoms with Crippen LogP contribution in [0.1, 0.15) is 34.6 Å². The normalized spacial score (nSPS) is 12.3. The van der Waals surface area contributed by atoms with Crippen LogP contribution in [0, 0.1) is 0 Å². The average molecular weight is 379 g/mol. The molecule has 146 valence electrons. The van der Waals surface area contributed by atoms with Crippen LogP contribution in [0.2, 0.25) is 0 Å². The van der Waals surface area contributed by atoms with Gasteiger partial charge in [-0.3, -0.25) is 9.59 Å². The van der Waals surface area contributed by atoms with E-state index in [0.29, 0.717) is 17.3 Å². The molecule has 0 aliphatic heterocycles. The summed E-state index contributed by atoms with van der Waals surface area (Å²) in [5, 5.41) is 8.28. The Hall–Kier alpha value is -2.99. The van der Waals surface area contributed by atoms with Gasteiger partial charge < -0.3 is 10.2 Å². The molecule has 0 spiro atoms. The van der Waals surface area contributed by atoms with Crippen LogP contribution >= 0.6 is 0 Å². The van der Waals surface area contributed by atoms with Crippen molar-refractivity contribution in [1.29, 1.82) is 0 Å². The van der Waals surface area contributed by atoms with Crippen molar-refractivity contribution >= 4 is 16.7 Å². The summed E-state index contributed by atoms with van der Waals surface area (Å²) in [5.74, 6) is -0.275. The number of carbonyl (C=O) groups excluding carboxylic acids is 1. The van der Waals surface area contributed by atoms with Crippen LogP contribution in [0.15, 0.2) is 53.3 Å². The molecule has 3 aromatic rings. The zero-order valence-electron chi connectivity index (χ0n) is 16.8. The second kappa shape index (κ2) is 8.35. The highest BCUT2D eigenvalue weighted by atomic mass is 16.2. The van der Waals surface area contributed by atoms with Gasteiger partial charge in [-0.05, 0) is 18.1 Å². The summed E-state index contributed by atoms with van der Waals surface area (Å²) in [6.45, 7) is 2.61. The van der Waals surface area contributed by atoms with Crippen LogP contribution < -0.4 is 15.8 Å². The number of nitrogens with zero attached hydrogens (tertiary/aromatic N) is 2. The number of rotatable bonds is 6. The standard InChI is InChI=1S/C22H26N4O2/c1-5-15-10-12-16(13-11-15)19(25(2)3)14-23-21(27)20-17-8-6-7-9-18(17)22(28)26(4)24-20/h6-13,19H,5,14H2,1-4H3,(H,23,27)/p+1/t19-/m1/s1. The number of benzene rings is 2. The molecule has 2 N–H and O–H groups in total. The van der Waals surface area contributed by atoms with Crippen molar-refractivity contribution in [3.8, 4) is 0 Å². The van der Waals surface area contributed by atoms with Crippen molar-refractivity contribution in [2.75, 3.05) is 20.6 Å². The van der Waals surface area contributed by atoms with E-state index in [1.807, 2.05) is 6.07 Å². The first-order valence-corrected chi connectivity index (χ1v) is 9.55. The highest BCUT2D eigenvalue weighted by molar-refractivity contribution is 6.04. The smallest absolute Gasteiger partial charge is 0.274 e. The van der Waals surface area contributed by atoms with Crippen molar-refractivity contribution < 1.29 is 9.69 Å². The Morgan fingerprint density at radius 2 is 1.75 bits per heavy atom. The molecule has 0 unspecified atom stereocenters. The zero-order valence-corrected chi connectivity index (χ0v) is 16.8. The Morgan fingerprint density at radius 3 is 2.36 bits per heavy atom. The van der Waals surface area contributed by atoms with E-state index in [1.54, 1.807) is 25.2 Å². The number of carbonyl (C=O) groups is 1. The quantitative estimate of drug-likeness (QED) is 0.674. The fourth-order valence-electron chi connectivity index (χ4n) is 3.39. The van der Waals surface area contributed by atoms with Gasteiger partial charge in [-0.25, -0.2) is 4.68 Å². The molecule has 2 aromatic carbocycles. The summed E-state index contributed by atoms with van der Waals surface area (Å²) in [4.78, 5) is 26.4. The van der Waals surface area contributed by atoms with Gasteiger partial charge >= 0.3 is 0 Å². The van der Waals surface area contributed by atoms with Gasteiger partial charge in [-0.2, -0.15) is 5.10 Å². The summed E-state index contributed by atoms with van der Waals surface area (Å²) in [7, 11) is 5.71. The van der Waals surface area contributed by atoms with E-state index < -0.39 is 0 Å². The minimum atomic E-state index is -0.275. The Labute approximate surface area is 164 Å². The lowest BCUT2D eigenvalue weighted by Gasteiger charge is -2.22. The lowest BCUT2D eigenvalue weighted by molar-refractivity contribution is -0.890. The molecule has 0 saturated carbocycles. The number of aryl methyl sites for hydroxylation is 2. The number of nitrogens with one attached hydrogen (secondary N) is 2. The minimum absolute atomic E-state index is 0.119. The van der Waals surface area contributed by atoms with E-state index in [2.05, 4.69) is 55.7 Å². The molecule has 1 amide bonds. The van der Waals surface area contributed by atoms with Crippen molar-refractivity contribution in [3.05, 3.63) is 75.7 Å². The van der Waals surface area contributed by atoms with Crippen LogP contribution in [0.25, 0.3) is 10.8 Å². The number of hydrogen-bond acceptors (Lipinski definition) is 3. The van der Waals surface area contributed by atoms with Crippen LogP contribution in [-0.4, -0.2) is 36.3 Å². The number of hydrogen-bond donors (Lipinski definition) is 2. The molecule has 0 aliphatic carbocycles. The second-order valence-corrected chi connectivity index (χ2v) is 7.26. The summed E-state index contributed by atoms with van der Waals surface area (Å²) in [5.41, 5.74) is 2.53. The highest BCUT2D eigenvalue weighted by Gasteiger charge is 2.21. The van der Waals surface area contributed by atoms with Gasteiger partial charge in [0, 0.05) is 18.0 Å². The molecule has 0 bridgehead atoms. The molecule has 1 aromatic heterocycles. The third-order valence-corrected chi connectivity index (χ3v) is 5.13. The second-order valence-electron chi connectivity index (χ2n) is 7.26. The first kappa shape index (κ1) is 19.8. The molecular formula is C22H27N4O2+. The number of likely N-dealkylation sites (N-methyl/N-ethyl adjacent to an activating group) is 1. The first-order chi connectivity index (χ1) is 13.4. The predicted octanol–water partition coefficient (Wildman–Crippen LogP) is 1.11. The Balaban J connectivity index is 1.85. The Morgan fingerprint density at radius 1 is 1.11 bits per heavy atom. The third kappa shape index (κ3) is 3.97. The summed E-state index contributed by atoms with van der Waals surface area (Å²) >= 11 is 0. The van der Waals surface area contributed by atoms with Crippen LogP contribution in [0.3, 0.4) is 0 Å². The molecular weight excluding hydrogens is 352 g/mol. The van der Waals surface area contributed by atoms with Gasteiger partial charge in [0.25, 0.3) is 11.5 Å². The number of fused-ring (bicyclic) bond motifs is 1. The lowest BCUT2D eigenvalue weighted by Crippen LogP contribution is -3.07. The number of amides is 1. The van der Waals surface area contributed by atoms with Crippen molar-refractivity contribution in [3.63, 3.8) is 0 Å². The van der Waals surface area contributed by atoms with Gasteiger partial charge in [-0.1, -0.05) is 49.4 Å². The molecule has 0 aliphatic rings. The van der Waals surface area contributed by atoms with Gasteiger partial charge in [0.1, 0.15) is 6.04 Å². The number of quaternary nitrogens is 1. The van der Waals surface area contributed by atoms with Crippen LogP contribution in [-0.2, 0) is 13.5 Å². The van der Waals surface area contributed by atoms with E-state index in [-0.39, 0.29) is 23.2 Å². The Kier molecular flexibility index (Phi) is 5.90. The van der Waals surface area contributed by atoms with Crippen LogP contribution in [0.4, 0.5) is 0 Å². The van der Waals surface area contributed by atoms with E-state index in [1.165, 1.54) is 20.7 Å². The molecule has 6 heteroatoms. The largest absolute Gasteiger partial charge is 0.344 e. The molecule has 1 atom stereocenters. The van der Waals surface area contributed by atoms with E-state index in [4.69, 9.17) is 0 Å². The zero-order chi connectivity index (χ0) is 20.3. The number of aromatic nitrogens is 2. The predicted molar refractivity (Wildman–Crippen MR) is 111 cm³/mol. The van der Waals surface area contributed by atoms with Crippen molar-refractivity contribution in [1.82, 2.24) is 15.1 Å². The van der Waals surface area contributed by atoms with Crippen molar-refractivity contribution in [2.45, 2.75) is 19.4 Å². The fraction of sp³-hybridized carbons (Fsp3) is 0.318. The highest BCUT2D eigenvalue weighted by Crippen LogP contribution is 2.14. The van der Waals surface area contributed by atoms with Gasteiger partial charge in [0.15, 0.2) is 5.69 Å². The van der Waals surface area contributed by atoms with E-state index in [0.717, 1.165) is 6.42 Å². The first-order valence-electron chi connectivity index (χ1n) is 9.55. The minimum Gasteiger partial charge on any atom is -0.344 e. The third-order valence-electron chi connectivity index (χ3n) is 5.13. The summed E-state index contributed by atoms with van der Waals surface area (Å²) < 4.78 is 1.22. The van der Waals surface area contributed by atoms with Gasteiger partial charge in [0.2, 0.25) is 0 Å². The molecule has 0 fully saturated rings. The summed E-state index contributed by atoms with van der Waals surface area (Å²) in [6.07, 6.45) is 1.00. The van der Waals surface area contributed by atoms with Crippen LogP contribution in [0.5, 0.6) is 0 Å². The Bertz CT molecular complexity index is 1040. The SMILES string of the molecule is CCc1ccc([C@@H](CNC(=O)c2nn(C)c(=O)c3ccccc23)[NH+](C)C)cc1. The van der Waals surface area contributed by atoms with E-state index >= 15 is 0 Å². The topological polar surface area (TPSA) is 68.4 Å². The lowest BCUT2D eigenvalue weighted by atomic mass is 10.0. The monoisotopic (exact) mass is 379 g/mol. The molecule has 3 rings (SSSR count).